The van der Waals surface area contributed by atoms with Crippen LogP contribution in [0.5, 0.6) is 0 Å². The lowest BCUT2D eigenvalue weighted by atomic mass is 9.66. The fourth-order valence-electron chi connectivity index (χ4n) is 5.73. The van der Waals surface area contributed by atoms with Crippen LogP contribution in [-0.2, 0) is 14.3 Å². The van der Waals surface area contributed by atoms with Gasteiger partial charge >= 0.3 is 5.97 Å². The van der Waals surface area contributed by atoms with Crippen molar-refractivity contribution in [3.05, 3.63) is 0 Å². The van der Waals surface area contributed by atoms with E-state index < -0.39 is 0 Å². The normalized spacial score (nSPS) is 49.0. The van der Waals surface area contributed by atoms with Crippen LogP contribution in [-0.4, -0.2) is 17.9 Å². The summed E-state index contributed by atoms with van der Waals surface area (Å²) in [5.41, 5.74) is 0.0516. The van der Waals surface area contributed by atoms with Gasteiger partial charge in [-0.3, -0.25) is 9.59 Å². The van der Waals surface area contributed by atoms with Crippen LogP contribution in [0.3, 0.4) is 0 Å². The number of ether oxygens (including phenoxy) is 1. The van der Waals surface area contributed by atoms with Gasteiger partial charge in [0.05, 0.1) is 0 Å². The molecule has 0 saturated heterocycles. The Bertz CT molecular complexity index is 467. The van der Waals surface area contributed by atoms with Crippen LogP contribution in [0.2, 0.25) is 0 Å². The molecule has 3 aliphatic rings. The maximum Gasteiger partial charge on any atom is 0.302 e. The van der Waals surface area contributed by atoms with Gasteiger partial charge in [0.15, 0.2) is 0 Å². The second-order valence-electron chi connectivity index (χ2n) is 8.20. The smallest absolute Gasteiger partial charge is 0.302 e. The molecule has 0 unspecified atom stereocenters. The lowest BCUT2D eigenvalue weighted by molar-refractivity contribution is -0.157. The van der Waals surface area contributed by atoms with Crippen LogP contribution in [0.15, 0.2) is 0 Å². The lowest BCUT2D eigenvalue weighted by Gasteiger charge is -2.41. The Morgan fingerprint density at radius 2 is 1.95 bits per heavy atom. The van der Waals surface area contributed by atoms with Gasteiger partial charge in [-0.2, -0.15) is 0 Å². The van der Waals surface area contributed by atoms with Crippen molar-refractivity contribution in [3.8, 4) is 0 Å². The first-order valence-corrected chi connectivity index (χ1v) is 7.88. The third-order valence-corrected chi connectivity index (χ3v) is 6.73. The number of hydrogen-bond donors (Lipinski definition) is 0. The molecule has 0 aliphatic heterocycles. The zero-order valence-corrected chi connectivity index (χ0v) is 13.2. The van der Waals surface area contributed by atoms with Crippen molar-refractivity contribution in [1.82, 2.24) is 0 Å². The predicted octanol–water partition coefficient (Wildman–Crippen LogP) is 3.22. The number of ketones is 1. The van der Waals surface area contributed by atoms with Gasteiger partial charge in [-0.25, -0.2) is 0 Å². The third-order valence-electron chi connectivity index (χ3n) is 6.73. The van der Waals surface area contributed by atoms with Gasteiger partial charge in [-0.15, -0.1) is 0 Å². The Morgan fingerprint density at radius 3 is 2.55 bits per heavy atom. The van der Waals surface area contributed by atoms with Gasteiger partial charge in [0.2, 0.25) is 0 Å². The number of carbonyl (C=O) groups excluding carboxylic acids is 2. The van der Waals surface area contributed by atoms with E-state index in [4.69, 9.17) is 4.74 Å². The molecule has 0 radical (unpaired) electrons. The van der Waals surface area contributed by atoms with E-state index in [1.165, 1.54) is 6.92 Å². The molecule has 3 heteroatoms. The second-order valence-corrected chi connectivity index (χ2v) is 8.20. The number of carbonyl (C=O) groups is 2. The molecule has 3 nitrogen and oxygen atoms in total. The van der Waals surface area contributed by atoms with E-state index in [1.54, 1.807) is 0 Å². The molecule has 3 rings (SSSR count). The molecule has 0 aromatic heterocycles. The number of esters is 1. The van der Waals surface area contributed by atoms with E-state index in [2.05, 4.69) is 27.7 Å². The summed E-state index contributed by atoms with van der Waals surface area (Å²) < 4.78 is 5.75. The van der Waals surface area contributed by atoms with Crippen molar-refractivity contribution < 1.29 is 14.3 Å². The van der Waals surface area contributed by atoms with E-state index in [0.29, 0.717) is 23.5 Å². The first-order chi connectivity index (χ1) is 9.18. The highest BCUT2D eigenvalue weighted by molar-refractivity contribution is 5.84. The summed E-state index contributed by atoms with van der Waals surface area (Å²) >= 11 is 0. The van der Waals surface area contributed by atoms with Crippen molar-refractivity contribution in [2.24, 2.45) is 34.5 Å². The van der Waals surface area contributed by atoms with Crippen molar-refractivity contribution >= 4 is 11.8 Å². The minimum absolute atomic E-state index is 0.0234. The standard InChI is InChI=1S/C17H26O3/c1-9-13(19)7-12-6-11-8-16(3,4)15(20-10(2)18)14(11)17(9,12)5/h9,11-12,14-15H,6-8H2,1-5H3/t9-,11-,12-,14-,15+,17+/m0/s1. The van der Waals surface area contributed by atoms with Gasteiger partial charge in [-0.1, -0.05) is 27.7 Å². The molecule has 0 spiro atoms. The highest BCUT2D eigenvalue weighted by atomic mass is 16.5. The predicted molar refractivity (Wildman–Crippen MR) is 75.9 cm³/mol. The molecule has 0 bridgehead atoms. The molecular weight excluding hydrogens is 252 g/mol. The highest BCUT2D eigenvalue weighted by Gasteiger charge is 2.67. The number of rotatable bonds is 1. The first kappa shape index (κ1) is 14.1. The Morgan fingerprint density at radius 1 is 1.30 bits per heavy atom. The zero-order chi connectivity index (χ0) is 14.9. The summed E-state index contributed by atoms with van der Waals surface area (Å²) in [5.74, 6) is 1.78. The van der Waals surface area contributed by atoms with Crippen molar-refractivity contribution in [3.63, 3.8) is 0 Å². The molecule has 0 aromatic carbocycles. The monoisotopic (exact) mass is 278 g/mol. The summed E-state index contributed by atoms with van der Waals surface area (Å²) in [7, 11) is 0. The molecule has 0 aromatic rings. The summed E-state index contributed by atoms with van der Waals surface area (Å²) in [6.45, 7) is 10.3. The summed E-state index contributed by atoms with van der Waals surface area (Å²) in [5, 5.41) is 0. The van der Waals surface area contributed by atoms with Crippen LogP contribution >= 0.6 is 0 Å². The molecule has 20 heavy (non-hydrogen) atoms. The van der Waals surface area contributed by atoms with E-state index in [-0.39, 0.29) is 28.8 Å². The van der Waals surface area contributed by atoms with Crippen LogP contribution in [0.1, 0.15) is 53.9 Å². The maximum absolute atomic E-state index is 12.2. The first-order valence-electron chi connectivity index (χ1n) is 7.88. The lowest BCUT2D eigenvalue weighted by Crippen LogP contribution is -2.43. The zero-order valence-electron chi connectivity index (χ0n) is 13.2. The highest BCUT2D eigenvalue weighted by Crippen LogP contribution is 2.68. The minimum atomic E-state index is -0.187. The molecule has 112 valence electrons. The van der Waals surface area contributed by atoms with Gasteiger partial charge in [0, 0.05) is 30.6 Å². The van der Waals surface area contributed by atoms with Crippen molar-refractivity contribution in [2.45, 2.75) is 60.0 Å². The average Bonchev–Trinajstić information content (AvgIpc) is 2.78. The van der Waals surface area contributed by atoms with Gasteiger partial charge in [-0.05, 0) is 30.1 Å². The summed E-state index contributed by atoms with van der Waals surface area (Å²) in [6, 6.07) is 0. The third kappa shape index (κ3) is 1.64. The Labute approximate surface area is 121 Å². The molecule has 6 atom stereocenters. The molecule has 3 fully saturated rings. The number of fused-ring (bicyclic) bond motifs is 3. The molecule has 0 N–H and O–H groups in total. The van der Waals surface area contributed by atoms with Gasteiger partial charge < -0.3 is 4.74 Å². The van der Waals surface area contributed by atoms with Crippen LogP contribution in [0.4, 0.5) is 0 Å². The van der Waals surface area contributed by atoms with E-state index in [9.17, 15) is 9.59 Å². The van der Waals surface area contributed by atoms with E-state index in [0.717, 1.165) is 19.3 Å². The average molecular weight is 278 g/mol. The Kier molecular flexibility index (Phi) is 2.88. The van der Waals surface area contributed by atoms with Crippen molar-refractivity contribution in [2.75, 3.05) is 0 Å². The quantitative estimate of drug-likeness (QED) is 0.692. The largest absolute Gasteiger partial charge is 0.462 e. The fourth-order valence-corrected chi connectivity index (χ4v) is 5.73. The fraction of sp³-hybridized carbons (Fsp3) is 0.882. The molecule has 3 aliphatic carbocycles. The van der Waals surface area contributed by atoms with Gasteiger partial charge in [0.1, 0.15) is 11.9 Å². The van der Waals surface area contributed by atoms with Crippen molar-refractivity contribution in [1.29, 1.82) is 0 Å². The molecule has 0 heterocycles. The maximum atomic E-state index is 12.2. The molecular formula is C17H26O3. The van der Waals surface area contributed by atoms with Crippen LogP contribution in [0.25, 0.3) is 0 Å². The Balaban J connectivity index is 1.99. The second kappa shape index (κ2) is 4.08. The summed E-state index contributed by atoms with van der Waals surface area (Å²) in [4.78, 5) is 23.7. The number of hydrogen-bond acceptors (Lipinski definition) is 3. The van der Waals surface area contributed by atoms with E-state index >= 15 is 0 Å². The van der Waals surface area contributed by atoms with Crippen LogP contribution in [0, 0.1) is 34.5 Å². The van der Waals surface area contributed by atoms with E-state index in [1.807, 2.05) is 0 Å². The molecule has 0 amide bonds. The number of Topliss-reactive ketones (excluding diaryl/α,β-unsaturated/α-hetero) is 1. The summed E-state index contributed by atoms with van der Waals surface area (Å²) in [6.07, 6.45) is 2.95. The molecule has 3 saturated carbocycles. The Hall–Kier alpha value is -0.860. The van der Waals surface area contributed by atoms with Crippen LogP contribution < -0.4 is 0 Å². The minimum Gasteiger partial charge on any atom is -0.462 e. The SMILES string of the molecule is CC(=O)O[C@@H]1[C@@H]2[C@@H](C[C@H]3CC(=O)[C@H](C)[C@]32C)CC1(C)C. The van der Waals surface area contributed by atoms with Gasteiger partial charge in [0.25, 0.3) is 0 Å². The topological polar surface area (TPSA) is 43.4 Å².